The number of benzene rings is 1. The minimum Gasteiger partial charge on any atom is -0.326 e. The number of aromatic nitrogens is 1. The molecule has 3 heteroatoms. The second kappa shape index (κ2) is 4.86. The van der Waals surface area contributed by atoms with Gasteiger partial charge in [-0.2, -0.15) is 0 Å². The van der Waals surface area contributed by atoms with Gasteiger partial charge in [0, 0.05) is 29.5 Å². The van der Waals surface area contributed by atoms with Crippen LogP contribution in [0.2, 0.25) is 5.02 Å². The van der Waals surface area contributed by atoms with E-state index in [0.717, 1.165) is 32.8 Å². The van der Waals surface area contributed by atoms with Crippen molar-refractivity contribution < 1.29 is 0 Å². The summed E-state index contributed by atoms with van der Waals surface area (Å²) in [5, 5.41) is 0.800. The molecule has 1 heterocycles. The van der Waals surface area contributed by atoms with Crippen molar-refractivity contribution in [2.45, 2.75) is 20.4 Å². The molecule has 2 rings (SSSR count). The second-order valence-corrected chi connectivity index (χ2v) is 4.61. The number of pyridine rings is 1. The first-order chi connectivity index (χ1) is 8.11. The van der Waals surface area contributed by atoms with Crippen LogP contribution in [-0.4, -0.2) is 4.98 Å². The van der Waals surface area contributed by atoms with Crippen LogP contribution in [-0.2, 0) is 6.54 Å². The van der Waals surface area contributed by atoms with Gasteiger partial charge in [0.25, 0.3) is 0 Å². The molecule has 0 bridgehead atoms. The van der Waals surface area contributed by atoms with E-state index in [4.69, 9.17) is 17.3 Å². The van der Waals surface area contributed by atoms with Crippen molar-refractivity contribution in [3.63, 3.8) is 0 Å². The van der Waals surface area contributed by atoms with Crippen LogP contribution < -0.4 is 5.73 Å². The Bertz CT molecular complexity index is 550. The normalized spacial score (nSPS) is 10.6. The van der Waals surface area contributed by atoms with Crippen LogP contribution in [0.15, 0.2) is 30.6 Å². The third kappa shape index (κ3) is 2.48. The molecule has 1 aromatic carbocycles. The topological polar surface area (TPSA) is 38.9 Å². The van der Waals surface area contributed by atoms with Gasteiger partial charge in [0.2, 0.25) is 0 Å². The predicted octanol–water partition coefficient (Wildman–Crippen LogP) is 3.48. The predicted molar refractivity (Wildman–Crippen MR) is 72.0 cm³/mol. The van der Waals surface area contributed by atoms with Gasteiger partial charge in [-0.05, 0) is 54.3 Å². The third-order valence-corrected chi connectivity index (χ3v) is 3.25. The number of nitrogens with two attached hydrogens (primary N) is 1. The third-order valence-electron chi connectivity index (χ3n) is 2.85. The summed E-state index contributed by atoms with van der Waals surface area (Å²) in [5.74, 6) is 0. The molecule has 2 N–H and O–H groups in total. The van der Waals surface area contributed by atoms with Crippen LogP contribution in [0.25, 0.3) is 11.1 Å². The van der Waals surface area contributed by atoms with Crippen LogP contribution in [0.5, 0.6) is 0 Å². The average Bonchev–Trinajstić information content (AvgIpc) is 2.34. The number of halogens is 1. The summed E-state index contributed by atoms with van der Waals surface area (Å²) >= 11 is 6.10. The average molecular weight is 247 g/mol. The highest BCUT2D eigenvalue weighted by molar-refractivity contribution is 6.31. The Morgan fingerprint density at radius 2 is 1.88 bits per heavy atom. The van der Waals surface area contributed by atoms with Gasteiger partial charge in [-0.3, -0.25) is 4.98 Å². The Hall–Kier alpha value is -1.38. The quantitative estimate of drug-likeness (QED) is 0.881. The fraction of sp³-hybridized carbons (Fsp3) is 0.214. The smallest absolute Gasteiger partial charge is 0.0438 e. The van der Waals surface area contributed by atoms with Crippen molar-refractivity contribution in [2.24, 2.45) is 5.73 Å². The Balaban J connectivity index is 2.56. The summed E-state index contributed by atoms with van der Waals surface area (Å²) in [4.78, 5) is 4.21. The van der Waals surface area contributed by atoms with Gasteiger partial charge in [-0.1, -0.05) is 11.6 Å². The Kier molecular flexibility index (Phi) is 3.46. The molecule has 0 amide bonds. The van der Waals surface area contributed by atoms with Crippen molar-refractivity contribution in [2.75, 3.05) is 0 Å². The molecule has 0 fully saturated rings. The SMILES string of the molecule is Cc1cc(-c2cncc(CN)c2)c(C)cc1Cl. The fourth-order valence-corrected chi connectivity index (χ4v) is 2.06. The number of nitrogens with zero attached hydrogens (tertiary/aromatic N) is 1. The maximum atomic E-state index is 6.10. The summed E-state index contributed by atoms with van der Waals surface area (Å²) in [5.41, 5.74) is 11.1. The lowest BCUT2D eigenvalue weighted by atomic mass is 9.99. The van der Waals surface area contributed by atoms with Gasteiger partial charge in [0.1, 0.15) is 0 Å². The van der Waals surface area contributed by atoms with Crippen molar-refractivity contribution in [1.29, 1.82) is 0 Å². The summed E-state index contributed by atoms with van der Waals surface area (Å²) in [6, 6.07) is 6.15. The first-order valence-electron chi connectivity index (χ1n) is 5.53. The van der Waals surface area contributed by atoms with E-state index in [1.165, 1.54) is 0 Å². The summed E-state index contributed by atoms with van der Waals surface area (Å²) in [6.45, 7) is 4.56. The van der Waals surface area contributed by atoms with E-state index in [1.807, 2.05) is 19.2 Å². The van der Waals surface area contributed by atoms with E-state index < -0.39 is 0 Å². The van der Waals surface area contributed by atoms with Gasteiger partial charge < -0.3 is 5.73 Å². The van der Waals surface area contributed by atoms with E-state index in [2.05, 4.69) is 24.0 Å². The molecule has 0 spiro atoms. The highest BCUT2D eigenvalue weighted by Gasteiger charge is 2.06. The number of hydrogen-bond donors (Lipinski definition) is 1. The van der Waals surface area contributed by atoms with Gasteiger partial charge in [-0.15, -0.1) is 0 Å². The minimum absolute atomic E-state index is 0.506. The van der Waals surface area contributed by atoms with Crippen molar-refractivity contribution in [3.8, 4) is 11.1 Å². The molecule has 0 atom stereocenters. The monoisotopic (exact) mass is 246 g/mol. The molecule has 0 aliphatic heterocycles. The number of aryl methyl sites for hydroxylation is 2. The maximum Gasteiger partial charge on any atom is 0.0438 e. The van der Waals surface area contributed by atoms with E-state index in [9.17, 15) is 0 Å². The molecule has 0 saturated carbocycles. The lowest BCUT2D eigenvalue weighted by Crippen LogP contribution is -1.97. The largest absolute Gasteiger partial charge is 0.326 e. The summed E-state index contributed by atoms with van der Waals surface area (Å²) < 4.78 is 0. The molecule has 0 unspecified atom stereocenters. The fourth-order valence-electron chi connectivity index (χ4n) is 1.84. The first kappa shape index (κ1) is 12.1. The van der Waals surface area contributed by atoms with E-state index in [0.29, 0.717) is 6.54 Å². The van der Waals surface area contributed by atoms with Gasteiger partial charge in [-0.25, -0.2) is 0 Å². The Morgan fingerprint density at radius 1 is 1.12 bits per heavy atom. The molecule has 0 aliphatic carbocycles. The first-order valence-corrected chi connectivity index (χ1v) is 5.90. The van der Waals surface area contributed by atoms with Gasteiger partial charge >= 0.3 is 0 Å². The standard InChI is InChI=1S/C14H15ClN2/c1-9-4-14(15)10(2)3-13(9)12-5-11(6-16)7-17-8-12/h3-5,7-8H,6,16H2,1-2H3. The maximum absolute atomic E-state index is 6.10. The van der Waals surface area contributed by atoms with Crippen LogP contribution >= 0.6 is 11.6 Å². The summed E-state index contributed by atoms with van der Waals surface area (Å²) in [7, 11) is 0. The molecular weight excluding hydrogens is 232 g/mol. The molecule has 0 saturated heterocycles. The van der Waals surface area contributed by atoms with Gasteiger partial charge in [0.15, 0.2) is 0 Å². The van der Waals surface area contributed by atoms with E-state index in [-0.39, 0.29) is 0 Å². The molecule has 1 aromatic heterocycles. The number of rotatable bonds is 2. The highest BCUT2D eigenvalue weighted by atomic mass is 35.5. The minimum atomic E-state index is 0.506. The second-order valence-electron chi connectivity index (χ2n) is 4.20. The molecule has 2 aromatic rings. The van der Waals surface area contributed by atoms with Crippen molar-refractivity contribution >= 4 is 11.6 Å². The zero-order valence-corrected chi connectivity index (χ0v) is 10.8. The molecule has 17 heavy (non-hydrogen) atoms. The summed E-state index contributed by atoms with van der Waals surface area (Å²) in [6.07, 6.45) is 3.65. The van der Waals surface area contributed by atoms with Crippen LogP contribution in [0.4, 0.5) is 0 Å². The highest BCUT2D eigenvalue weighted by Crippen LogP contribution is 2.28. The molecular formula is C14H15ClN2. The van der Waals surface area contributed by atoms with Crippen LogP contribution in [0.3, 0.4) is 0 Å². The van der Waals surface area contributed by atoms with Crippen molar-refractivity contribution in [3.05, 3.63) is 52.3 Å². The zero-order chi connectivity index (χ0) is 12.4. The van der Waals surface area contributed by atoms with Crippen LogP contribution in [0.1, 0.15) is 16.7 Å². The van der Waals surface area contributed by atoms with E-state index in [1.54, 1.807) is 6.20 Å². The molecule has 88 valence electrons. The zero-order valence-electron chi connectivity index (χ0n) is 10.00. The molecule has 0 aliphatic rings. The Morgan fingerprint density at radius 3 is 2.59 bits per heavy atom. The number of hydrogen-bond acceptors (Lipinski definition) is 2. The molecule has 0 radical (unpaired) electrons. The van der Waals surface area contributed by atoms with Crippen LogP contribution in [0, 0.1) is 13.8 Å². The van der Waals surface area contributed by atoms with E-state index >= 15 is 0 Å². The van der Waals surface area contributed by atoms with Crippen molar-refractivity contribution in [1.82, 2.24) is 4.98 Å². The lowest BCUT2D eigenvalue weighted by molar-refractivity contribution is 1.05. The molecule has 2 nitrogen and oxygen atoms in total. The Labute approximate surface area is 106 Å². The van der Waals surface area contributed by atoms with Gasteiger partial charge in [0.05, 0.1) is 0 Å². The lowest BCUT2D eigenvalue weighted by Gasteiger charge is -2.09.